The van der Waals surface area contributed by atoms with Crippen molar-refractivity contribution in [2.24, 2.45) is 5.41 Å². The van der Waals surface area contributed by atoms with Crippen molar-refractivity contribution in [3.63, 3.8) is 0 Å². The summed E-state index contributed by atoms with van der Waals surface area (Å²) in [6.45, 7) is 5.36. The Morgan fingerprint density at radius 2 is 2.10 bits per heavy atom. The van der Waals surface area contributed by atoms with Gasteiger partial charge in [-0.05, 0) is 43.9 Å². The maximum Gasteiger partial charge on any atom is 0.262 e. The molecule has 0 saturated heterocycles. The number of methoxy groups -OCH3 is 1. The predicted octanol–water partition coefficient (Wildman–Crippen LogP) is 3.86. The number of rotatable bonds is 6. The maximum absolute atomic E-state index is 13.3. The number of thiophene rings is 1. The Morgan fingerprint density at radius 1 is 1.32 bits per heavy atom. The molecule has 0 spiro atoms. The van der Waals surface area contributed by atoms with Gasteiger partial charge in [-0.2, -0.15) is 0 Å². The molecule has 0 fully saturated rings. The summed E-state index contributed by atoms with van der Waals surface area (Å²) in [4.78, 5) is 34.3. The van der Waals surface area contributed by atoms with Gasteiger partial charge in [-0.25, -0.2) is 4.98 Å². The summed E-state index contributed by atoms with van der Waals surface area (Å²) in [5, 5.41) is 0.700. The van der Waals surface area contributed by atoms with E-state index in [4.69, 9.17) is 16.3 Å². The molecule has 0 atom stereocenters. The van der Waals surface area contributed by atoms with Gasteiger partial charge in [-0.15, -0.1) is 22.9 Å². The lowest BCUT2D eigenvalue weighted by molar-refractivity contribution is -0.140. The van der Waals surface area contributed by atoms with E-state index in [-0.39, 0.29) is 17.3 Å². The molecular formula is C23H26ClN3O3S. The molecule has 6 nitrogen and oxygen atoms in total. The number of para-hydroxylation sites is 1. The van der Waals surface area contributed by atoms with Crippen molar-refractivity contribution < 1.29 is 9.53 Å². The number of alkyl halides is 1. The molecule has 1 aliphatic heterocycles. The first kappa shape index (κ1) is 21.8. The number of carbonyl (C=O) groups excluding carboxylic acids is 1. The topological polar surface area (TPSA) is 64.4 Å². The smallest absolute Gasteiger partial charge is 0.262 e. The van der Waals surface area contributed by atoms with Crippen molar-refractivity contribution in [2.75, 3.05) is 19.5 Å². The third-order valence-corrected chi connectivity index (χ3v) is 7.64. The molecule has 0 radical (unpaired) electrons. The van der Waals surface area contributed by atoms with Crippen LogP contribution in [0.25, 0.3) is 10.2 Å². The van der Waals surface area contributed by atoms with Crippen molar-refractivity contribution in [2.45, 2.75) is 39.8 Å². The Morgan fingerprint density at radius 3 is 2.84 bits per heavy atom. The van der Waals surface area contributed by atoms with Gasteiger partial charge in [-0.1, -0.05) is 18.2 Å². The number of hydrogen-bond acceptors (Lipinski definition) is 5. The minimum Gasteiger partial charge on any atom is -0.496 e. The Kier molecular flexibility index (Phi) is 6.08. The number of amides is 1. The Balaban J connectivity index is 1.60. The summed E-state index contributed by atoms with van der Waals surface area (Å²) in [6, 6.07) is 7.83. The van der Waals surface area contributed by atoms with Crippen LogP contribution in [0.4, 0.5) is 0 Å². The van der Waals surface area contributed by atoms with Crippen LogP contribution in [0.1, 0.15) is 29.9 Å². The van der Waals surface area contributed by atoms with Crippen molar-refractivity contribution in [1.29, 1.82) is 0 Å². The molecule has 1 amide bonds. The Hall–Kier alpha value is -2.38. The van der Waals surface area contributed by atoms with E-state index in [9.17, 15) is 9.59 Å². The number of carbonyl (C=O) groups is 1. The quantitative estimate of drug-likeness (QED) is 0.525. The van der Waals surface area contributed by atoms with Crippen LogP contribution in [0, 0.1) is 5.41 Å². The largest absolute Gasteiger partial charge is 0.496 e. The molecule has 0 N–H and O–H groups in total. The number of fused-ring (bicyclic) bond motifs is 3. The second-order valence-corrected chi connectivity index (χ2v) is 9.83. The third kappa shape index (κ3) is 4.08. The van der Waals surface area contributed by atoms with Gasteiger partial charge >= 0.3 is 0 Å². The highest BCUT2D eigenvalue weighted by Gasteiger charge is 2.34. The normalized spacial score (nSPS) is 14.0. The fraction of sp³-hybridized carbons (Fsp3) is 0.435. The Labute approximate surface area is 190 Å². The van der Waals surface area contributed by atoms with Crippen LogP contribution in [0.3, 0.4) is 0 Å². The lowest BCUT2D eigenvalue weighted by Crippen LogP contribution is -2.44. The zero-order valence-electron chi connectivity index (χ0n) is 18.0. The van der Waals surface area contributed by atoms with Crippen molar-refractivity contribution in [3.05, 3.63) is 57.0 Å². The first-order chi connectivity index (χ1) is 14.9. The second-order valence-electron chi connectivity index (χ2n) is 8.48. The van der Waals surface area contributed by atoms with E-state index in [2.05, 4.69) is 4.98 Å². The molecule has 1 aromatic carbocycles. The highest BCUT2D eigenvalue weighted by molar-refractivity contribution is 7.18. The molecule has 31 heavy (non-hydrogen) atoms. The summed E-state index contributed by atoms with van der Waals surface area (Å²) >= 11 is 7.51. The van der Waals surface area contributed by atoms with Crippen molar-refractivity contribution >= 4 is 39.1 Å². The molecule has 4 rings (SSSR count). The molecule has 0 bridgehead atoms. The highest BCUT2D eigenvalue weighted by Crippen LogP contribution is 2.34. The molecule has 0 aliphatic carbocycles. The van der Waals surface area contributed by atoms with Crippen LogP contribution in [-0.2, 0) is 30.7 Å². The van der Waals surface area contributed by atoms with E-state index in [0.717, 1.165) is 26.6 Å². The molecule has 0 unspecified atom stereocenters. The first-order valence-electron chi connectivity index (χ1n) is 10.3. The molecule has 2 aromatic heterocycles. The number of ether oxygens (including phenoxy) is 1. The minimum absolute atomic E-state index is 0.0155. The zero-order chi connectivity index (χ0) is 22.2. The van der Waals surface area contributed by atoms with Crippen molar-refractivity contribution in [3.8, 4) is 5.75 Å². The molecule has 1 aliphatic rings. The predicted molar refractivity (Wildman–Crippen MR) is 124 cm³/mol. The van der Waals surface area contributed by atoms with Crippen LogP contribution in [-0.4, -0.2) is 39.9 Å². The van der Waals surface area contributed by atoms with E-state index >= 15 is 0 Å². The zero-order valence-corrected chi connectivity index (χ0v) is 19.6. The van der Waals surface area contributed by atoms with Gasteiger partial charge in [0, 0.05) is 23.8 Å². The lowest BCUT2D eigenvalue weighted by atomic mass is 9.93. The summed E-state index contributed by atoms with van der Waals surface area (Å²) in [5.74, 6) is 1.15. The number of hydrogen-bond donors (Lipinski definition) is 0. The average Bonchev–Trinajstić information content (AvgIpc) is 3.16. The van der Waals surface area contributed by atoms with Crippen LogP contribution in [0.2, 0.25) is 0 Å². The van der Waals surface area contributed by atoms with Crippen LogP contribution >= 0.6 is 22.9 Å². The van der Waals surface area contributed by atoms with Gasteiger partial charge in [0.2, 0.25) is 5.91 Å². The summed E-state index contributed by atoms with van der Waals surface area (Å²) in [7, 11) is 1.65. The molecule has 8 heteroatoms. The van der Waals surface area contributed by atoms with Gasteiger partial charge in [0.15, 0.2) is 0 Å². The van der Waals surface area contributed by atoms with Gasteiger partial charge in [-0.3, -0.25) is 14.2 Å². The van der Waals surface area contributed by atoms with Gasteiger partial charge in [0.25, 0.3) is 5.56 Å². The molecule has 0 saturated carbocycles. The molecule has 3 heterocycles. The summed E-state index contributed by atoms with van der Waals surface area (Å²) in [5.41, 5.74) is 1.48. The first-order valence-corrected chi connectivity index (χ1v) is 11.7. The highest BCUT2D eigenvalue weighted by atomic mass is 35.5. The van der Waals surface area contributed by atoms with E-state index < -0.39 is 5.41 Å². The number of benzene rings is 1. The fourth-order valence-electron chi connectivity index (χ4n) is 3.99. The number of nitrogens with zero attached hydrogens (tertiary/aromatic N) is 3. The monoisotopic (exact) mass is 459 g/mol. The summed E-state index contributed by atoms with van der Waals surface area (Å²) < 4.78 is 7.09. The molecular weight excluding hydrogens is 434 g/mol. The average molecular weight is 460 g/mol. The SMILES string of the molecule is COc1ccccc1CCn1cnc2sc3c(c2c1=O)CCN(C(=O)C(C)(C)CCl)C3. The Bertz CT molecular complexity index is 1180. The van der Waals surface area contributed by atoms with Crippen LogP contribution in [0.15, 0.2) is 35.4 Å². The van der Waals surface area contributed by atoms with E-state index in [1.165, 1.54) is 11.3 Å². The van der Waals surface area contributed by atoms with Crippen LogP contribution < -0.4 is 10.3 Å². The van der Waals surface area contributed by atoms with Gasteiger partial charge in [0.1, 0.15) is 10.6 Å². The van der Waals surface area contributed by atoms with E-state index in [0.29, 0.717) is 37.9 Å². The van der Waals surface area contributed by atoms with E-state index in [1.54, 1.807) is 18.0 Å². The van der Waals surface area contributed by atoms with Gasteiger partial charge in [0.05, 0.1) is 30.8 Å². The van der Waals surface area contributed by atoms with Gasteiger partial charge < -0.3 is 9.64 Å². The third-order valence-electron chi connectivity index (χ3n) is 5.84. The standard InChI is InChI=1S/C23H26ClN3O3S/c1-23(2,13-24)22(29)26-11-9-16-18(12-26)31-20-19(16)21(28)27(14-25-20)10-8-15-6-4-5-7-17(15)30-3/h4-7,14H,8-13H2,1-3H3. The second kappa shape index (κ2) is 8.63. The molecule has 3 aromatic rings. The number of aromatic nitrogens is 2. The maximum atomic E-state index is 13.3. The van der Waals surface area contributed by atoms with Crippen molar-refractivity contribution in [1.82, 2.24) is 14.5 Å². The minimum atomic E-state index is -0.598. The molecule has 164 valence electrons. The lowest BCUT2D eigenvalue weighted by Gasteiger charge is -2.33. The summed E-state index contributed by atoms with van der Waals surface area (Å²) in [6.07, 6.45) is 2.97. The fourth-order valence-corrected chi connectivity index (χ4v) is 5.29. The van der Waals surface area contributed by atoms with Crippen LogP contribution in [0.5, 0.6) is 5.75 Å². The number of halogens is 1. The number of aryl methyl sites for hydroxylation is 2. The van der Waals surface area contributed by atoms with E-state index in [1.807, 2.05) is 43.0 Å².